The number of benzene rings is 2. The molecule has 2 aromatic carbocycles. The highest BCUT2D eigenvalue weighted by molar-refractivity contribution is 5.79. The van der Waals surface area contributed by atoms with Crippen LogP contribution in [-0.4, -0.2) is 40.5 Å². The lowest BCUT2D eigenvalue weighted by Crippen LogP contribution is -2.36. The number of ether oxygens (including phenoxy) is 1. The van der Waals surface area contributed by atoms with E-state index < -0.39 is 30.1 Å². The molecule has 31 heavy (non-hydrogen) atoms. The number of carbonyl (C=O) groups is 1. The average Bonchev–Trinajstić information content (AvgIpc) is 3.11. The zero-order valence-electron chi connectivity index (χ0n) is 16.3. The number of amides is 1. The van der Waals surface area contributed by atoms with Gasteiger partial charge in [-0.25, -0.2) is 14.2 Å². The van der Waals surface area contributed by atoms with Crippen molar-refractivity contribution in [2.24, 2.45) is 0 Å². The molecule has 3 N–H and O–H groups in total. The summed E-state index contributed by atoms with van der Waals surface area (Å²) in [6, 6.07) is 16.6. The fourth-order valence-electron chi connectivity index (χ4n) is 3.77. The molecule has 6 nitrogen and oxygen atoms in total. The first kappa shape index (κ1) is 20.9. The third-order valence-corrected chi connectivity index (χ3v) is 5.32. The molecule has 4 rings (SSSR count). The predicted molar refractivity (Wildman–Crippen MR) is 108 cm³/mol. The molecule has 0 spiro atoms. The maximum absolute atomic E-state index is 13.3. The number of nitrogens with zero attached hydrogens (tertiary/aromatic N) is 1. The van der Waals surface area contributed by atoms with Gasteiger partial charge in [0.2, 0.25) is 5.95 Å². The summed E-state index contributed by atoms with van der Waals surface area (Å²) in [5.74, 6) is -2.66. The number of hydrogen-bond donors (Lipinski definition) is 3. The number of carbonyl (C=O) groups excluding carboxylic acids is 1. The van der Waals surface area contributed by atoms with Crippen molar-refractivity contribution in [3.05, 3.63) is 89.2 Å². The van der Waals surface area contributed by atoms with Gasteiger partial charge in [-0.05, 0) is 28.3 Å². The van der Waals surface area contributed by atoms with Crippen LogP contribution in [0.15, 0.2) is 60.8 Å². The molecule has 1 heterocycles. The molecular formula is C23H20F2N2O4. The molecule has 3 aromatic rings. The second-order valence-corrected chi connectivity index (χ2v) is 7.26. The zero-order valence-corrected chi connectivity index (χ0v) is 16.3. The van der Waals surface area contributed by atoms with E-state index in [0.717, 1.165) is 34.5 Å². The molecule has 1 amide bonds. The van der Waals surface area contributed by atoms with E-state index in [4.69, 9.17) is 4.74 Å². The highest BCUT2D eigenvalue weighted by atomic mass is 19.2. The summed E-state index contributed by atoms with van der Waals surface area (Å²) in [6.07, 6.45) is -2.88. The van der Waals surface area contributed by atoms with Crippen LogP contribution >= 0.6 is 0 Å². The second-order valence-electron chi connectivity index (χ2n) is 7.26. The fourth-order valence-corrected chi connectivity index (χ4v) is 3.77. The van der Waals surface area contributed by atoms with Crippen LogP contribution in [-0.2, 0) is 4.74 Å². The zero-order chi connectivity index (χ0) is 22.0. The van der Waals surface area contributed by atoms with Crippen LogP contribution in [0.25, 0.3) is 11.1 Å². The summed E-state index contributed by atoms with van der Waals surface area (Å²) >= 11 is 0. The molecule has 0 aliphatic heterocycles. The van der Waals surface area contributed by atoms with Gasteiger partial charge in [-0.15, -0.1) is 0 Å². The molecule has 2 atom stereocenters. The molecule has 1 aromatic heterocycles. The van der Waals surface area contributed by atoms with Crippen molar-refractivity contribution in [1.82, 2.24) is 10.3 Å². The molecule has 1 aliphatic carbocycles. The molecular weight excluding hydrogens is 406 g/mol. The summed E-state index contributed by atoms with van der Waals surface area (Å²) in [7, 11) is 0. The molecule has 160 valence electrons. The van der Waals surface area contributed by atoms with Crippen molar-refractivity contribution in [1.29, 1.82) is 0 Å². The Morgan fingerprint density at radius 2 is 1.68 bits per heavy atom. The topological polar surface area (TPSA) is 91.7 Å². The van der Waals surface area contributed by atoms with Crippen molar-refractivity contribution in [2.45, 2.75) is 18.1 Å². The van der Waals surface area contributed by atoms with Crippen molar-refractivity contribution in [3.8, 4) is 11.1 Å². The normalized spacial score (nSPS) is 14.5. The SMILES string of the molecule is O=C(NCC(O)C(O)c1cnc(F)c(F)c1)OCC1c2ccccc2-c2ccccc21. The third-order valence-electron chi connectivity index (χ3n) is 5.32. The molecule has 0 radical (unpaired) electrons. The first-order valence-electron chi connectivity index (χ1n) is 9.71. The average molecular weight is 426 g/mol. The van der Waals surface area contributed by atoms with E-state index >= 15 is 0 Å². The number of rotatable bonds is 6. The minimum atomic E-state index is -1.56. The van der Waals surface area contributed by atoms with Crippen LogP contribution in [0.5, 0.6) is 0 Å². The van der Waals surface area contributed by atoms with Crippen LogP contribution in [0, 0.1) is 11.8 Å². The van der Waals surface area contributed by atoms with Crippen molar-refractivity contribution < 1.29 is 28.5 Å². The maximum Gasteiger partial charge on any atom is 0.407 e. The van der Waals surface area contributed by atoms with E-state index in [1.807, 2.05) is 48.5 Å². The first-order valence-corrected chi connectivity index (χ1v) is 9.71. The number of aromatic nitrogens is 1. The minimum Gasteiger partial charge on any atom is -0.449 e. The lowest BCUT2D eigenvalue weighted by atomic mass is 9.98. The third kappa shape index (κ3) is 4.26. The van der Waals surface area contributed by atoms with E-state index in [1.165, 1.54) is 0 Å². The highest BCUT2D eigenvalue weighted by Crippen LogP contribution is 2.44. The van der Waals surface area contributed by atoms with Gasteiger partial charge < -0.3 is 20.3 Å². The Kier molecular flexibility index (Phi) is 5.92. The Labute approximate surface area is 177 Å². The van der Waals surface area contributed by atoms with E-state index in [2.05, 4.69) is 10.3 Å². The fraction of sp³-hybridized carbons (Fsp3) is 0.217. The smallest absolute Gasteiger partial charge is 0.407 e. The van der Waals surface area contributed by atoms with Gasteiger partial charge in [-0.3, -0.25) is 0 Å². The van der Waals surface area contributed by atoms with E-state index in [9.17, 15) is 23.8 Å². The monoisotopic (exact) mass is 426 g/mol. The van der Waals surface area contributed by atoms with Gasteiger partial charge in [-0.2, -0.15) is 4.39 Å². The first-order chi connectivity index (χ1) is 15.0. The van der Waals surface area contributed by atoms with Crippen molar-refractivity contribution in [2.75, 3.05) is 13.2 Å². The number of nitrogens with one attached hydrogen (secondary N) is 1. The van der Waals surface area contributed by atoms with Gasteiger partial charge in [-0.1, -0.05) is 48.5 Å². The standard InChI is InChI=1S/C23H20F2N2O4/c24-19-9-13(10-26-22(19)25)21(29)20(28)11-27-23(30)31-12-18-16-7-3-1-5-14(16)15-6-2-4-8-17(15)18/h1-10,18,20-21,28-29H,11-12H2,(H,27,30). The van der Waals surface area contributed by atoms with E-state index in [1.54, 1.807) is 0 Å². The summed E-state index contributed by atoms with van der Waals surface area (Å²) in [4.78, 5) is 15.3. The van der Waals surface area contributed by atoms with Gasteiger partial charge in [0.1, 0.15) is 18.8 Å². The number of aliphatic hydroxyl groups excluding tert-OH is 2. The summed E-state index contributed by atoms with van der Waals surface area (Å²) < 4.78 is 31.5. The number of alkyl carbamates (subject to hydrolysis) is 1. The Bertz CT molecular complexity index is 1060. The molecule has 0 bridgehead atoms. The Hall–Kier alpha value is -3.36. The quantitative estimate of drug-likeness (QED) is 0.526. The van der Waals surface area contributed by atoms with Crippen LogP contribution in [0.1, 0.15) is 28.7 Å². The van der Waals surface area contributed by atoms with Crippen LogP contribution in [0.4, 0.5) is 13.6 Å². The Balaban J connectivity index is 1.34. The number of halogens is 2. The van der Waals surface area contributed by atoms with Crippen molar-refractivity contribution >= 4 is 6.09 Å². The molecule has 2 unspecified atom stereocenters. The Morgan fingerprint density at radius 1 is 1.06 bits per heavy atom. The largest absolute Gasteiger partial charge is 0.449 e. The Morgan fingerprint density at radius 3 is 2.29 bits per heavy atom. The predicted octanol–water partition coefficient (Wildman–Crippen LogP) is 3.29. The van der Waals surface area contributed by atoms with Crippen molar-refractivity contribution in [3.63, 3.8) is 0 Å². The van der Waals surface area contributed by atoms with Gasteiger partial charge in [0, 0.05) is 24.2 Å². The number of fused-ring (bicyclic) bond motifs is 3. The van der Waals surface area contributed by atoms with Crippen LogP contribution in [0.3, 0.4) is 0 Å². The molecule has 0 saturated heterocycles. The number of aliphatic hydroxyl groups is 2. The van der Waals surface area contributed by atoms with Crippen LogP contribution in [0.2, 0.25) is 0 Å². The minimum absolute atomic E-state index is 0.103. The highest BCUT2D eigenvalue weighted by Gasteiger charge is 2.29. The van der Waals surface area contributed by atoms with Gasteiger partial charge in [0.25, 0.3) is 0 Å². The second kappa shape index (κ2) is 8.79. The lowest BCUT2D eigenvalue weighted by molar-refractivity contribution is 0.0181. The summed E-state index contributed by atoms with van der Waals surface area (Å²) in [5.41, 5.74) is 4.23. The van der Waals surface area contributed by atoms with Gasteiger partial charge >= 0.3 is 6.09 Å². The summed E-state index contributed by atoms with van der Waals surface area (Å²) in [5, 5.41) is 22.5. The van der Waals surface area contributed by atoms with E-state index in [0.29, 0.717) is 0 Å². The van der Waals surface area contributed by atoms with E-state index in [-0.39, 0.29) is 24.6 Å². The number of pyridine rings is 1. The lowest BCUT2D eigenvalue weighted by Gasteiger charge is -2.19. The molecule has 1 aliphatic rings. The molecule has 0 fully saturated rings. The van der Waals surface area contributed by atoms with Gasteiger partial charge in [0.05, 0.1) is 0 Å². The molecule has 8 heteroatoms. The van der Waals surface area contributed by atoms with Gasteiger partial charge in [0.15, 0.2) is 5.82 Å². The maximum atomic E-state index is 13.3. The molecule has 0 saturated carbocycles. The number of hydrogen-bond acceptors (Lipinski definition) is 5. The summed E-state index contributed by atoms with van der Waals surface area (Å²) in [6.45, 7) is -0.248. The van der Waals surface area contributed by atoms with Crippen LogP contribution < -0.4 is 5.32 Å².